The number of amides is 1. The molecule has 2 N–H and O–H groups in total. The number of ether oxygens (including phenoxy) is 1. The zero-order valence-electron chi connectivity index (χ0n) is 14.5. The molecule has 0 fully saturated rings. The highest BCUT2D eigenvalue weighted by Gasteiger charge is 2.26. The maximum Gasteiger partial charge on any atom is 0.331 e. The maximum absolute atomic E-state index is 12.3. The first-order valence-corrected chi connectivity index (χ1v) is 9.66. The summed E-state index contributed by atoms with van der Waals surface area (Å²) in [5, 5.41) is 5.12. The number of sulfonamides is 1. The van der Waals surface area contributed by atoms with E-state index in [1.165, 1.54) is 35.3 Å². The van der Waals surface area contributed by atoms with E-state index in [1.54, 1.807) is 19.1 Å². The van der Waals surface area contributed by atoms with E-state index >= 15 is 0 Å². The lowest BCUT2D eigenvalue weighted by atomic mass is 10.2. The molecule has 2 aromatic rings. The van der Waals surface area contributed by atoms with Crippen molar-refractivity contribution in [1.82, 2.24) is 0 Å². The van der Waals surface area contributed by atoms with E-state index in [-0.39, 0.29) is 4.90 Å². The molecule has 1 amide bonds. The molecule has 27 heavy (non-hydrogen) atoms. The molecule has 1 aromatic heterocycles. The Bertz CT molecular complexity index is 1020. The highest BCUT2D eigenvalue weighted by atomic mass is 32.2. The lowest BCUT2D eigenvalue weighted by molar-refractivity contribution is -0.142. The first-order valence-electron chi connectivity index (χ1n) is 8.11. The fourth-order valence-corrected chi connectivity index (χ4v) is 3.33. The van der Waals surface area contributed by atoms with E-state index in [2.05, 4.69) is 0 Å². The number of nitrogens with two attached hydrogens (primary N) is 1. The summed E-state index contributed by atoms with van der Waals surface area (Å²) in [6.07, 6.45) is 3.14. The number of carbonyl (C=O) groups excluding carboxylic acids is 2. The standard InChI is InChI=1S/C18H18N2O6S/c1-12-2-3-14(26-12)4-7-18(22)25-11-17(21)20-9-8-13-10-15(27(19,23)24)5-6-16(13)20/h2-7,10H,8-9,11H2,1H3,(H2,19,23,24)/b7-4+. The summed E-state index contributed by atoms with van der Waals surface area (Å²) in [4.78, 5) is 25.5. The monoisotopic (exact) mass is 390 g/mol. The molecular weight excluding hydrogens is 372 g/mol. The van der Waals surface area contributed by atoms with E-state index in [1.807, 2.05) is 0 Å². The Kier molecular flexibility index (Phi) is 5.15. The third-order valence-electron chi connectivity index (χ3n) is 4.06. The van der Waals surface area contributed by atoms with E-state index < -0.39 is 28.5 Å². The number of carbonyl (C=O) groups is 2. The molecule has 2 heterocycles. The van der Waals surface area contributed by atoms with E-state index in [0.717, 1.165) is 5.76 Å². The van der Waals surface area contributed by atoms with Crippen molar-refractivity contribution < 1.29 is 27.2 Å². The van der Waals surface area contributed by atoms with Crippen LogP contribution in [0, 0.1) is 6.92 Å². The van der Waals surface area contributed by atoms with Gasteiger partial charge in [0, 0.05) is 18.3 Å². The summed E-state index contributed by atoms with van der Waals surface area (Å²) < 4.78 is 33.1. The third-order valence-corrected chi connectivity index (χ3v) is 4.97. The largest absolute Gasteiger partial charge is 0.462 e. The summed E-state index contributed by atoms with van der Waals surface area (Å²) >= 11 is 0. The number of anilines is 1. The van der Waals surface area contributed by atoms with Crippen molar-refractivity contribution in [3.63, 3.8) is 0 Å². The Morgan fingerprint density at radius 3 is 2.74 bits per heavy atom. The van der Waals surface area contributed by atoms with Crippen LogP contribution in [0.15, 0.2) is 45.7 Å². The van der Waals surface area contributed by atoms with Crippen molar-refractivity contribution >= 4 is 33.7 Å². The Balaban J connectivity index is 1.60. The van der Waals surface area contributed by atoms with Crippen LogP contribution in [0.5, 0.6) is 0 Å². The highest BCUT2D eigenvalue weighted by molar-refractivity contribution is 7.89. The number of nitrogens with zero attached hydrogens (tertiary/aromatic N) is 1. The van der Waals surface area contributed by atoms with Gasteiger partial charge in [0.1, 0.15) is 11.5 Å². The average molecular weight is 390 g/mol. The predicted molar refractivity (Wildman–Crippen MR) is 97.3 cm³/mol. The molecule has 0 unspecified atom stereocenters. The van der Waals surface area contributed by atoms with Gasteiger partial charge in [-0.05, 0) is 55.3 Å². The molecule has 1 aliphatic heterocycles. The predicted octanol–water partition coefficient (Wildman–Crippen LogP) is 1.38. The Hall–Kier alpha value is -2.91. The number of fused-ring (bicyclic) bond motifs is 1. The van der Waals surface area contributed by atoms with Crippen molar-refractivity contribution in [2.45, 2.75) is 18.2 Å². The van der Waals surface area contributed by atoms with E-state index in [4.69, 9.17) is 14.3 Å². The summed E-state index contributed by atoms with van der Waals surface area (Å²) in [6, 6.07) is 7.81. The third kappa shape index (κ3) is 4.44. The molecule has 3 rings (SSSR count). The number of aryl methyl sites for hydroxylation is 1. The highest BCUT2D eigenvalue weighted by Crippen LogP contribution is 2.30. The van der Waals surface area contributed by atoms with Gasteiger partial charge >= 0.3 is 5.97 Å². The molecule has 0 saturated heterocycles. The number of hydrogen-bond acceptors (Lipinski definition) is 6. The lowest BCUT2D eigenvalue weighted by Gasteiger charge is -2.17. The summed E-state index contributed by atoms with van der Waals surface area (Å²) in [5.41, 5.74) is 1.29. The Labute approximate surface area is 156 Å². The van der Waals surface area contributed by atoms with Gasteiger partial charge in [-0.15, -0.1) is 0 Å². The second-order valence-corrected chi connectivity index (χ2v) is 7.58. The smallest absolute Gasteiger partial charge is 0.331 e. The van der Waals surface area contributed by atoms with Gasteiger partial charge < -0.3 is 14.1 Å². The SMILES string of the molecule is Cc1ccc(/C=C/C(=O)OCC(=O)N2CCc3cc(S(N)(=O)=O)ccc32)o1. The van der Waals surface area contributed by atoms with Crippen LogP contribution >= 0.6 is 0 Å². The number of rotatable bonds is 5. The number of furan rings is 1. The Morgan fingerprint density at radius 1 is 1.30 bits per heavy atom. The van der Waals surface area contributed by atoms with E-state index in [9.17, 15) is 18.0 Å². The van der Waals surface area contributed by atoms with Crippen LogP contribution in [0.4, 0.5) is 5.69 Å². The minimum atomic E-state index is -3.80. The molecule has 9 heteroatoms. The number of benzene rings is 1. The fraction of sp³-hybridized carbons (Fsp3) is 0.222. The van der Waals surface area contributed by atoms with Gasteiger partial charge in [0.25, 0.3) is 5.91 Å². The summed E-state index contributed by atoms with van der Waals surface area (Å²) in [6.45, 7) is 1.74. The minimum Gasteiger partial charge on any atom is -0.462 e. The van der Waals surface area contributed by atoms with Gasteiger partial charge in [-0.2, -0.15) is 0 Å². The first kappa shape index (κ1) is 18.9. The van der Waals surface area contributed by atoms with Crippen LogP contribution in [0.1, 0.15) is 17.1 Å². The van der Waals surface area contributed by atoms with Crippen LogP contribution < -0.4 is 10.0 Å². The van der Waals surface area contributed by atoms with Crippen molar-refractivity contribution in [2.24, 2.45) is 5.14 Å². The fourth-order valence-electron chi connectivity index (χ4n) is 2.77. The molecule has 0 saturated carbocycles. The van der Waals surface area contributed by atoms with Crippen LogP contribution in [-0.4, -0.2) is 33.4 Å². The van der Waals surface area contributed by atoms with E-state index in [0.29, 0.717) is 30.0 Å². The van der Waals surface area contributed by atoms with Gasteiger partial charge in [0.15, 0.2) is 6.61 Å². The van der Waals surface area contributed by atoms with Crippen molar-refractivity contribution in [3.8, 4) is 0 Å². The van der Waals surface area contributed by atoms with Gasteiger partial charge in [0.05, 0.1) is 4.90 Å². The summed E-state index contributed by atoms with van der Waals surface area (Å²) in [7, 11) is -3.80. The van der Waals surface area contributed by atoms with Crippen LogP contribution in [0.25, 0.3) is 6.08 Å². The average Bonchev–Trinajstić information content (AvgIpc) is 3.22. The van der Waals surface area contributed by atoms with Crippen molar-refractivity contribution in [2.75, 3.05) is 18.1 Å². The number of hydrogen-bond donors (Lipinski definition) is 1. The zero-order chi connectivity index (χ0) is 19.6. The number of primary sulfonamides is 1. The summed E-state index contributed by atoms with van der Waals surface area (Å²) in [5.74, 6) is 0.167. The van der Waals surface area contributed by atoms with Crippen LogP contribution in [0.2, 0.25) is 0 Å². The number of esters is 1. The Morgan fingerprint density at radius 2 is 2.07 bits per heavy atom. The molecule has 0 aliphatic carbocycles. The molecule has 1 aromatic carbocycles. The molecule has 0 atom stereocenters. The van der Waals surface area contributed by atoms with Gasteiger partial charge in [0.2, 0.25) is 10.0 Å². The molecule has 8 nitrogen and oxygen atoms in total. The molecule has 1 aliphatic rings. The maximum atomic E-state index is 12.3. The van der Waals surface area contributed by atoms with Crippen molar-refractivity contribution in [3.05, 3.63) is 53.5 Å². The molecule has 0 radical (unpaired) electrons. The first-order chi connectivity index (χ1) is 12.7. The van der Waals surface area contributed by atoms with Crippen LogP contribution in [0.3, 0.4) is 0 Å². The topological polar surface area (TPSA) is 120 Å². The van der Waals surface area contributed by atoms with Gasteiger partial charge in [-0.25, -0.2) is 18.4 Å². The molecule has 142 valence electrons. The van der Waals surface area contributed by atoms with Crippen LogP contribution in [-0.2, 0) is 30.8 Å². The quantitative estimate of drug-likeness (QED) is 0.608. The second-order valence-electron chi connectivity index (χ2n) is 6.02. The normalized spacial score (nSPS) is 13.8. The lowest BCUT2D eigenvalue weighted by Crippen LogP contribution is -2.33. The molecule has 0 spiro atoms. The molecule has 0 bridgehead atoms. The zero-order valence-corrected chi connectivity index (χ0v) is 15.4. The van der Waals surface area contributed by atoms with Crippen molar-refractivity contribution in [1.29, 1.82) is 0 Å². The van der Waals surface area contributed by atoms with Gasteiger partial charge in [-0.3, -0.25) is 4.79 Å². The minimum absolute atomic E-state index is 0.000256. The molecular formula is C18H18N2O6S. The second kappa shape index (κ2) is 7.37. The van der Waals surface area contributed by atoms with Gasteiger partial charge in [-0.1, -0.05) is 0 Å².